The van der Waals surface area contributed by atoms with E-state index in [-0.39, 0.29) is 25.5 Å². The summed E-state index contributed by atoms with van der Waals surface area (Å²) in [5.74, 6) is -1.54. The number of rotatable bonds is 1. The lowest BCUT2D eigenvalue weighted by atomic mass is 10.1. The molecule has 0 aromatic carbocycles. The Kier molecular flexibility index (Phi) is 3.13. The van der Waals surface area contributed by atoms with E-state index in [9.17, 15) is 14.4 Å². The molecular formula is C8H12N2O5. The van der Waals surface area contributed by atoms with Crippen LogP contribution in [-0.2, 0) is 9.59 Å². The summed E-state index contributed by atoms with van der Waals surface area (Å²) in [4.78, 5) is 34.7. The minimum absolute atomic E-state index is 0.124. The third-order valence-electron chi connectivity index (χ3n) is 2.34. The molecule has 0 aliphatic carbocycles. The first-order valence-corrected chi connectivity index (χ1v) is 4.41. The Hall–Kier alpha value is -1.79. The molecule has 84 valence electrons. The van der Waals surface area contributed by atoms with Crippen LogP contribution in [0.4, 0.5) is 4.79 Å². The molecule has 7 nitrogen and oxygen atoms in total. The molecule has 7 heteroatoms. The van der Waals surface area contributed by atoms with E-state index in [1.165, 1.54) is 11.8 Å². The minimum atomic E-state index is -1.18. The fourth-order valence-electron chi connectivity index (χ4n) is 1.54. The van der Waals surface area contributed by atoms with E-state index in [0.717, 1.165) is 4.90 Å². The van der Waals surface area contributed by atoms with Gasteiger partial charge in [0.2, 0.25) is 5.91 Å². The monoisotopic (exact) mass is 216 g/mol. The number of hydrogen-bond donors (Lipinski definition) is 2. The van der Waals surface area contributed by atoms with E-state index >= 15 is 0 Å². The summed E-state index contributed by atoms with van der Waals surface area (Å²) in [5.41, 5.74) is 0. The first kappa shape index (κ1) is 11.3. The lowest BCUT2D eigenvalue weighted by molar-refractivity contribution is -0.152. The number of hydrogen-bond acceptors (Lipinski definition) is 3. The van der Waals surface area contributed by atoms with Gasteiger partial charge in [0, 0.05) is 20.0 Å². The number of amides is 2. The lowest BCUT2D eigenvalue weighted by Gasteiger charge is -2.37. The van der Waals surface area contributed by atoms with Gasteiger partial charge in [-0.25, -0.2) is 9.59 Å². The second-order valence-corrected chi connectivity index (χ2v) is 3.30. The van der Waals surface area contributed by atoms with Crippen molar-refractivity contribution in [2.45, 2.75) is 13.0 Å². The average molecular weight is 216 g/mol. The molecule has 1 aliphatic rings. The number of carbonyl (C=O) groups excluding carboxylic acids is 1. The molecule has 2 N–H and O–H groups in total. The summed E-state index contributed by atoms with van der Waals surface area (Å²) in [5, 5.41) is 17.5. The van der Waals surface area contributed by atoms with E-state index < -0.39 is 18.1 Å². The Balaban J connectivity index is 2.78. The van der Waals surface area contributed by atoms with Gasteiger partial charge >= 0.3 is 12.1 Å². The fraction of sp³-hybridized carbons (Fsp3) is 0.625. The molecule has 2 amide bonds. The summed E-state index contributed by atoms with van der Waals surface area (Å²) >= 11 is 0. The van der Waals surface area contributed by atoms with Crippen molar-refractivity contribution in [2.24, 2.45) is 0 Å². The van der Waals surface area contributed by atoms with E-state index in [4.69, 9.17) is 10.2 Å². The third kappa shape index (κ3) is 2.36. The Morgan fingerprint density at radius 2 is 1.80 bits per heavy atom. The molecule has 0 bridgehead atoms. The number of aliphatic carboxylic acids is 1. The summed E-state index contributed by atoms with van der Waals surface area (Å²) in [7, 11) is 0. The molecule has 1 heterocycles. The van der Waals surface area contributed by atoms with Gasteiger partial charge in [-0.1, -0.05) is 0 Å². The van der Waals surface area contributed by atoms with Gasteiger partial charge in [0.1, 0.15) is 6.04 Å². The van der Waals surface area contributed by atoms with Crippen LogP contribution in [0.5, 0.6) is 0 Å². The van der Waals surface area contributed by atoms with Crippen LogP contribution in [-0.4, -0.2) is 63.7 Å². The maximum absolute atomic E-state index is 11.1. The molecule has 0 aromatic rings. The number of carboxylic acid groups (broad SMARTS) is 2. The van der Waals surface area contributed by atoms with E-state index in [2.05, 4.69) is 0 Å². The molecule has 0 saturated carbocycles. The van der Waals surface area contributed by atoms with E-state index in [0.29, 0.717) is 0 Å². The van der Waals surface area contributed by atoms with Gasteiger partial charge in [0.15, 0.2) is 0 Å². The number of nitrogens with zero attached hydrogens (tertiary/aromatic N) is 2. The van der Waals surface area contributed by atoms with Crippen molar-refractivity contribution in [2.75, 3.05) is 19.6 Å². The summed E-state index contributed by atoms with van der Waals surface area (Å²) in [6, 6.07) is -1.08. The maximum Gasteiger partial charge on any atom is 0.407 e. The molecule has 15 heavy (non-hydrogen) atoms. The van der Waals surface area contributed by atoms with Gasteiger partial charge in [0.05, 0.1) is 6.54 Å². The van der Waals surface area contributed by atoms with Crippen molar-refractivity contribution in [3.63, 3.8) is 0 Å². The van der Waals surface area contributed by atoms with Gasteiger partial charge in [-0.3, -0.25) is 4.79 Å². The standard InChI is InChI=1S/C8H12N2O5/c1-5(11)10-3-2-9(8(14)15)4-6(10)7(12)13/h6H,2-4H2,1H3,(H,12,13)(H,14,15). The SMILES string of the molecule is CC(=O)N1CCN(C(=O)O)CC1C(=O)O. The smallest absolute Gasteiger partial charge is 0.407 e. The van der Waals surface area contributed by atoms with Gasteiger partial charge in [-0.15, -0.1) is 0 Å². The highest BCUT2D eigenvalue weighted by Crippen LogP contribution is 2.10. The zero-order chi connectivity index (χ0) is 11.6. The largest absolute Gasteiger partial charge is 0.480 e. The van der Waals surface area contributed by atoms with Gasteiger partial charge < -0.3 is 20.0 Å². The van der Waals surface area contributed by atoms with E-state index in [1.54, 1.807) is 0 Å². The predicted molar refractivity (Wildman–Crippen MR) is 48.4 cm³/mol. The molecule has 1 unspecified atom stereocenters. The molecular weight excluding hydrogens is 204 g/mol. The molecule has 1 rings (SSSR count). The first-order valence-electron chi connectivity index (χ1n) is 4.41. The highest BCUT2D eigenvalue weighted by molar-refractivity contribution is 5.83. The summed E-state index contributed by atoms with van der Waals surface area (Å²) < 4.78 is 0. The van der Waals surface area contributed by atoms with Crippen LogP contribution < -0.4 is 0 Å². The van der Waals surface area contributed by atoms with Crippen molar-refractivity contribution >= 4 is 18.0 Å². The Morgan fingerprint density at radius 3 is 2.20 bits per heavy atom. The van der Waals surface area contributed by atoms with Crippen molar-refractivity contribution in [3.05, 3.63) is 0 Å². The van der Waals surface area contributed by atoms with Gasteiger partial charge in [0.25, 0.3) is 0 Å². The second kappa shape index (κ2) is 4.16. The molecule has 0 spiro atoms. The van der Waals surface area contributed by atoms with Crippen molar-refractivity contribution in [1.29, 1.82) is 0 Å². The highest BCUT2D eigenvalue weighted by Gasteiger charge is 2.35. The van der Waals surface area contributed by atoms with Crippen molar-refractivity contribution in [1.82, 2.24) is 9.80 Å². The normalized spacial score (nSPS) is 21.3. The summed E-state index contributed by atoms with van der Waals surface area (Å²) in [6.45, 7) is 1.37. The van der Waals surface area contributed by atoms with Crippen LogP contribution in [0.3, 0.4) is 0 Å². The lowest BCUT2D eigenvalue weighted by Crippen LogP contribution is -2.58. The molecule has 0 aromatic heterocycles. The zero-order valence-electron chi connectivity index (χ0n) is 8.21. The predicted octanol–water partition coefficient (Wildman–Crippen LogP) is -0.718. The Morgan fingerprint density at radius 1 is 1.20 bits per heavy atom. The number of carbonyl (C=O) groups is 3. The Labute approximate surface area is 85.9 Å². The fourth-order valence-corrected chi connectivity index (χ4v) is 1.54. The van der Waals surface area contributed by atoms with Crippen LogP contribution in [0.2, 0.25) is 0 Å². The number of carboxylic acids is 1. The van der Waals surface area contributed by atoms with E-state index in [1.807, 2.05) is 0 Å². The quantitative estimate of drug-likeness (QED) is 0.602. The van der Waals surface area contributed by atoms with Gasteiger partial charge in [-0.2, -0.15) is 0 Å². The van der Waals surface area contributed by atoms with Crippen LogP contribution in [0.15, 0.2) is 0 Å². The van der Waals surface area contributed by atoms with Crippen molar-refractivity contribution in [3.8, 4) is 0 Å². The van der Waals surface area contributed by atoms with Gasteiger partial charge in [-0.05, 0) is 0 Å². The molecule has 0 radical (unpaired) electrons. The molecule has 1 atom stereocenters. The maximum atomic E-state index is 11.1. The average Bonchev–Trinajstić information content (AvgIpc) is 2.16. The molecule has 1 saturated heterocycles. The highest BCUT2D eigenvalue weighted by atomic mass is 16.4. The minimum Gasteiger partial charge on any atom is -0.480 e. The summed E-state index contributed by atoms with van der Waals surface area (Å²) in [6.07, 6.45) is -1.16. The second-order valence-electron chi connectivity index (χ2n) is 3.30. The topological polar surface area (TPSA) is 98.2 Å². The van der Waals surface area contributed by atoms with Crippen molar-refractivity contribution < 1.29 is 24.6 Å². The number of piperazine rings is 1. The Bertz CT molecular complexity index is 303. The van der Waals surface area contributed by atoms with Crippen LogP contribution >= 0.6 is 0 Å². The van der Waals surface area contributed by atoms with Crippen LogP contribution in [0.25, 0.3) is 0 Å². The molecule has 1 aliphatic heterocycles. The van der Waals surface area contributed by atoms with Crippen LogP contribution in [0, 0.1) is 0 Å². The van der Waals surface area contributed by atoms with Crippen LogP contribution in [0.1, 0.15) is 6.92 Å². The third-order valence-corrected chi connectivity index (χ3v) is 2.34. The first-order chi connectivity index (χ1) is 6.93. The zero-order valence-corrected chi connectivity index (χ0v) is 8.21. The molecule has 1 fully saturated rings.